The van der Waals surface area contributed by atoms with E-state index in [1.54, 1.807) is 38.4 Å². The average molecular weight is 222 g/mol. The summed E-state index contributed by atoms with van der Waals surface area (Å²) in [5.74, 6) is 0.469. The van der Waals surface area contributed by atoms with E-state index in [-0.39, 0.29) is 0 Å². The van der Waals surface area contributed by atoms with Crippen LogP contribution in [0, 0.1) is 0 Å². The third-order valence-corrected chi connectivity index (χ3v) is 1.67. The molecule has 15 heavy (non-hydrogen) atoms. The maximum absolute atomic E-state index is 11.2. The van der Waals surface area contributed by atoms with Crippen LogP contribution in [0.4, 0.5) is 10.5 Å². The molecular formula is C10H10N2O2S. The van der Waals surface area contributed by atoms with Gasteiger partial charge in [0.1, 0.15) is 5.75 Å². The maximum Gasteiger partial charge on any atom is 0.414 e. The number of ether oxygens (including phenoxy) is 1. The van der Waals surface area contributed by atoms with Gasteiger partial charge < -0.3 is 9.64 Å². The first-order valence-electron chi connectivity index (χ1n) is 4.20. The Hall–Kier alpha value is -1.71. The number of aliphatic imine (C=N–C) groups is 1. The summed E-state index contributed by atoms with van der Waals surface area (Å²) < 4.78 is 5.01. The van der Waals surface area contributed by atoms with E-state index in [1.807, 2.05) is 0 Å². The second-order valence-electron chi connectivity index (χ2n) is 2.96. The molecule has 78 valence electrons. The highest BCUT2D eigenvalue weighted by atomic mass is 32.1. The molecule has 0 bridgehead atoms. The zero-order valence-corrected chi connectivity index (χ0v) is 9.25. The Morgan fingerprint density at radius 1 is 1.40 bits per heavy atom. The molecule has 0 aliphatic rings. The number of nitrogens with zero attached hydrogens (tertiary/aromatic N) is 2. The van der Waals surface area contributed by atoms with E-state index in [0.29, 0.717) is 11.4 Å². The van der Waals surface area contributed by atoms with Crippen LogP contribution in [0.3, 0.4) is 0 Å². The van der Waals surface area contributed by atoms with Gasteiger partial charge >= 0.3 is 6.09 Å². The Kier molecular flexibility index (Phi) is 3.97. The van der Waals surface area contributed by atoms with Crippen LogP contribution < -0.4 is 4.74 Å². The number of hydrogen-bond acceptors (Lipinski definition) is 4. The summed E-state index contributed by atoms with van der Waals surface area (Å²) in [4.78, 5) is 16.3. The summed E-state index contributed by atoms with van der Waals surface area (Å²) in [7, 11) is 3.24. The van der Waals surface area contributed by atoms with Gasteiger partial charge in [-0.25, -0.2) is 4.79 Å². The molecule has 5 heteroatoms. The summed E-state index contributed by atoms with van der Waals surface area (Å²) in [6, 6.07) is 6.68. The Balaban J connectivity index is 2.72. The number of carbonyl (C=O) groups is 1. The van der Waals surface area contributed by atoms with Gasteiger partial charge in [0, 0.05) is 14.1 Å². The molecule has 0 spiro atoms. The monoisotopic (exact) mass is 222 g/mol. The van der Waals surface area contributed by atoms with Gasteiger partial charge in [0.15, 0.2) is 0 Å². The van der Waals surface area contributed by atoms with Crippen molar-refractivity contribution in [3.63, 3.8) is 0 Å². The molecule has 0 saturated carbocycles. The third-order valence-electron chi connectivity index (χ3n) is 1.58. The molecule has 1 amide bonds. The van der Waals surface area contributed by atoms with Crippen LogP contribution in [-0.4, -0.2) is 30.2 Å². The zero-order chi connectivity index (χ0) is 11.3. The minimum atomic E-state index is -0.416. The van der Waals surface area contributed by atoms with Crippen molar-refractivity contribution in [1.29, 1.82) is 0 Å². The molecular weight excluding hydrogens is 212 g/mol. The Morgan fingerprint density at radius 2 is 2.00 bits per heavy atom. The minimum absolute atomic E-state index is 0.416. The number of benzene rings is 1. The molecule has 0 aliphatic heterocycles. The van der Waals surface area contributed by atoms with Crippen LogP contribution in [0.15, 0.2) is 29.3 Å². The molecule has 0 fully saturated rings. The molecule has 1 aromatic carbocycles. The van der Waals surface area contributed by atoms with Crippen molar-refractivity contribution in [1.82, 2.24) is 4.90 Å². The van der Waals surface area contributed by atoms with Gasteiger partial charge in [-0.15, -0.1) is 0 Å². The normalized spacial score (nSPS) is 8.93. The van der Waals surface area contributed by atoms with Crippen molar-refractivity contribution in [2.45, 2.75) is 0 Å². The van der Waals surface area contributed by atoms with Gasteiger partial charge in [0.25, 0.3) is 0 Å². The number of carbonyl (C=O) groups excluding carboxylic acids is 1. The predicted molar refractivity (Wildman–Crippen MR) is 60.8 cm³/mol. The quantitative estimate of drug-likeness (QED) is 0.570. The standard InChI is InChI=1S/C10H10N2O2S/c1-12(2)10(13)14-9-5-3-8(4-6-9)11-7-15/h3-6H,1-2H3. The van der Waals surface area contributed by atoms with Crippen molar-refractivity contribution in [3.05, 3.63) is 24.3 Å². The largest absolute Gasteiger partial charge is 0.414 e. The molecule has 0 atom stereocenters. The van der Waals surface area contributed by atoms with Gasteiger partial charge in [-0.05, 0) is 36.5 Å². The first-order chi connectivity index (χ1) is 7.13. The van der Waals surface area contributed by atoms with E-state index in [9.17, 15) is 4.79 Å². The van der Waals surface area contributed by atoms with E-state index < -0.39 is 6.09 Å². The van der Waals surface area contributed by atoms with Gasteiger partial charge in [0.05, 0.1) is 10.8 Å². The first-order valence-corrected chi connectivity index (χ1v) is 4.61. The lowest BCUT2D eigenvalue weighted by molar-refractivity contribution is 0.172. The van der Waals surface area contributed by atoms with Crippen molar-refractivity contribution < 1.29 is 9.53 Å². The summed E-state index contributed by atoms with van der Waals surface area (Å²) >= 11 is 4.46. The molecule has 0 N–H and O–H groups in total. The lowest BCUT2D eigenvalue weighted by Gasteiger charge is -2.10. The maximum atomic E-state index is 11.2. The minimum Gasteiger partial charge on any atom is -0.410 e. The molecule has 0 aliphatic carbocycles. The van der Waals surface area contributed by atoms with Crippen LogP contribution in [0.5, 0.6) is 5.75 Å². The van der Waals surface area contributed by atoms with Crippen molar-refractivity contribution in [2.24, 2.45) is 4.99 Å². The first kappa shape index (κ1) is 11.4. The Bertz CT molecular complexity index is 394. The molecule has 0 radical (unpaired) electrons. The fraction of sp³-hybridized carbons (Fsp3) is 0.200. The lowest BCUT2D eigenvalue weighted by Crippen LogP contribution is -2.25. The number of thiocarbonyl (C=S) groups is 1. The molecule has 0 aromatic heterocycles. The van der Waals surface area contributed by atoms with Gasteiger partial charge in [-0.1, -0.05) is 0 Å². The van der Waals surface area contributed by atoms with E-state index in [1.165, 1.54) is 4.90 Å². The zero-order valence-electron chi connectivity index (χ0n) is 8.43. The van der Waals surface area contributed by atoms with Gasteiger partial charge in [-0.3, -0.25) is 0 Å². The Labute approximate surface area is 93.2 Å². The third kappa shape index (κ3) is 3.50. The predicted octanol–water partition coefficient (Wildman–Crippen LogP) is 2.48. The van der Waals surface area contributed by atoms with Crippen LogP contribution in [0.1, 0.15) is 0 Å². The summed E-state index contributed by atoms with van der Waals surface area (Å²) in [6.45, 7) is 0. The van der Waals surface area contributed by atoms with E-state index in [2.05, 4.69) is 22.4 Å². The van der Waals surface area contributed by atoms with Crippen molar-refractivity contribution >= 4 is 29.2 Å². The molecule has 0 heterocycles. The van der Waals surface area contributed by atoms with Crippen LogP contribution in [0.25, 0.3) is 0 Å². The van der Waals surface area contributed by atoms with Gasteiger partial charge in [-0.2, -0.15) is 4.99 Å². The fourth-order valence-corrected chi connectivity index (χ4v) is 0.939. The highest BCUT2D eigenvalue weighted by molar-refractivity contribution is 7.78. The van der Waals surface area contributed by atoms with Gasteiger partial charge in [0.2, 0.25) is 0 Å². The highest BCUT2D eigenvalue weighted by Crippen LogP contribution is 2.17. The smallest absolute Gasteiger partial charge is 0.410 e. The van der Waals surface area contributed by atoms with E-state index in [4.69, 9.17) is 4.74 Å². The van der Waals surface area contributed by atoms with Crippen molar-refractivity contribution in [2.75, 3.05) is 14.1 Å². The summed E-state index contributed by atoms with van der Waals surface area (Å²) in [5, 5.41) is 2.25. The Morgan fingerprint density at radius 3 is 2.47 bits per heavy atom. The molecule has 0 saturated heterocycles. The molecule has 0 unspecified atom stereocenters. The highest BCUT2D eigenvalue weighted by Gasteiger charge is 2.05. The van der Waals surface area contributed by atoms with E-state index >= 15 is 0 Å². The van der Waals surface area contributed by atoms with Crippen molar-refractivity contribution in [3.8, 4) is 5.75 Å². The number of rotatable bonds is 2. The lowest BCUT2D eigenvalue weighted by atomic mass is 10.3. The van der Waals surface area contributed by atoms with Crippen LogP contribution in [-0.2, 0) is 0 Å². The average Bonchev–Trinajstić information content (AvgIpc) is 2.21. The number of isothiocyanates is 1. The number of hydrogen-bond donors (Lipinski definition) is 0. The number of amides is 1. The second-order valence-corrected chi connectivity index (χ2v) is 3.14. The van der Waals surface area contributed by atoms with Crippen LogP contribution in [0.2, 0.25) is 0 Å². The molecule has 1 rings (SSSR count). The topological polar surface area (TPSA) is 41.9 Å². The van der Waals surface area contributed by atoms with E-state index in [0.717, 1.165) is 0 Å². The fourth-order valence-electron chi connectivity index (χ4n) is 0.834. The SMILES string of the molecule is CN(C)C(=O)Oc1ccc(N=C=S)cc1. The summed E-state index contributed by atoms with van der Waals surface area (Å²) in [5.41, 5.74) is 0.676. The summed E-state index contributed by atoms with van der Waals surface area (Å²) in [6.07, 6.45) is -0.416. The second kappa shape index (κ2) is 5.24. The molecule has 1 aromatic rings. The van der Waals surface area contributed by atoms with Crippen LogP contribution >= 0.6 is 12.2 Å². The molecule has 4 nitrogen and oxygen atoms in total.